The molecule has 0 amide bonds. The summed E-state index contributed by atoms with van der Waals surface area (Å²) in [4.78, 5) is 12.2. The van der Waals surface area contributed by atoms with Crippen LogP contribution in [0.2, 0.25) is 0 Å². The molecular weight excluding hydrogens is 264 g/mol. The largest absolute Gasteiger partial charge is 0.493 e. The molecule has 2 aromatic rings. The number of ketones is 1. The first kappa shape index (κ1) is 13.8. The average Bonchev–Trinajstić information content (AvgIpc) is 2.77. The van der Waals surface area contributed by atoms with Crippen molar-refractivity contribution in [2.75, 3.05) is 14.2 Å². The number of allylic oxidation sites excluding steroid dienone is 1. The molecule has 0 N–H and O–H groups in total. The predicted molar refractivity (Wildman–Crippen MR) is 82.0 cm³/mol. The van der Waals surface area contributed by atoms with E-state index in [-0.39, 0.29) is 12.2 Å². The standard InChI is InChI=1S/C18H18O3/c1-12-17(20-2)16(19)11-18(12,21-3)15-9-8-13-6-4-5-7-14(13)10-15/h4-10H,11H2,1-3H3. The highest BCUT2D eigenvalue weighted by atomic mass is 16.5. The lowest BCUT2D eigenvalue weighted by molar-refractivity contribution is -0.120. The number of rotatable bonds is 3. The van der Waals surface area contributed by atoms with Crippen LogP contribution in [-0.4, -0.2) is 20.0 Å². The maximum Gasteiger partial charge on any atom is 0.200 e. The van der Waals surface area contributed by atoms with Gasteiger partial charge in [0, 0.05) is 12.7 Å². The van der Waals surface area contributed by atoms with E-state index in [2.05, 4.69) is 24.3 Å². The third-order valence-corrected chi connectivity index (χ3v) is 4.38. The summed E-state index contributed by atoms with van der Waals surface area (Å²) in [5.41, 5.74) is 1.11. The molecule has 108 valence electrons. The zero-order chi connectivity index (χ0) is 15.0. The first-order valence-electron chi connectivity index (χ1n) is 6.95. The molecule has 0 radical (unpaired) electrons. The van der Waals surface area contributed by atoms with Crippen molar-refractivity contribution in [3.05, 3.63) is 59.4 Å². The Labute approximate surface area is 124 Å². The number of benzene rings is 2. The van der Waals surface area contributed by atoms with Crippen molar-refractivity contribution in [2.24, 2.45) is 0 Å². The van der Waals surface area contributed by atoms with Crippen molar-refractivity contribution >= 4 is 16.6 Å². The van der Waals surface area contributed by atoms with E-state index in [0.29, 0.717) is 5.76 Å². The SMILES string of the molecule is COC1=C(C)C(OC)(c2ccc3ccccc3c2)CC1=O. The first-order valence-corrected chi connectivity index (χ1v) is 6.95. The van der Waals surface area contributed by atoms with Crippen LogP contribution in [0.4, 0.5) is 0 Å². The van der Waals surface area contributed by atoms with Crippen molar-refractivity contribution in [3.63, 3.8) is 0 Å². The van der Waals surface area contributed by atoms with E-state index in [9.17, 15) is 4.79 Å². The number of hydrogen-bond donors (Lipinski definition) is 0. The van der Waals surface area contributed by atoms with Gasteiger partial charge in [-0.05, 0) is 29.3 Å². The Morgan fingerprint density at radius 1 is 1.05 bits per heavy atom. The van der Waals surface area contributed by atoms with Crippen LogP contribution in [0.25, 0.3) is 10.8 Å². The Morgan fingerprint density at radius 3 is 2.38 bits per heavy atom. The monoisotopic (exact) mass is 282 g/mol. The highest BCUT2D eigenvalue weighted by Crippen LogP contribution is 2.44. The van der Waals surface area contributed by atoms with E-state index in [1.807, 2.05) is 25.1 Å². The molecule has 0 bridgehead atoms. The lowest BCUT2D eigenvalue weighted by atomic mass is 9.86. The van der Waals surface area contributed by atoms with Crippen molar-refractivity contribution in [1.29, 1.82) is 0 Å². The Balaban J connectivity index is 2.19. The maximum absolute atomic E-state index is 12.2. The molecular formula is C18H18O3. The summed E-state index contributed by atoms with van der Waals surface area (Å²) in [5.74, 6) is 0.412. The molecule has 2 aromatic carbocycles. The van der Waals surface area contributed by atoms with Gasteiger partial charge in [-0.2, -0.15) is 0 Å². The normalized spacial score (nSPS) is 22.1. The number of Topliss-reactive ketones (excluding diaryl/α,β-unsaturated/α-hetero) is 1. The van der Waals surface area contributed by atoms with E-state index >= 15 is 0 Å². The van der Waals surface area contributed by atoms with Crippen LogP contribution in [0.3, 0.4) is 0 Å². The van der Waals surface area contributed by atoms with Crippen LogP contribution in [0.1, 0.15) is 18.9 Å². The lowest BCUT2D eigenvalue weighted by Crippen LogP contribution is -2.28. The molecule has 0 fully saturated rings. The topological polar surface area (TPSA) is 35.5 Å². The molecule has 3 rings (SSSR count). The van der Waals surface area contributed by atoms with Gasteiger partial charge in [-0.15, -0.1) is 0 Å². The van der Waals surface area contributed by atoms with Crippen LogP contribution < -0.4 is 0 Å². The molecule has 3 nitrogen and oxygen atoms in total. The Bertz CT molecular complexity index is 745. The summed E-state index contributed by atoms with van der Waals surface area (Å²) < 4.78 is 11.0. The van der Waals surface area contributed by atoms with E-state index in [0.717, 1.165) is 16.5 Å². The molecule has 0 spiro atoms. The summed E-state index contributed by atoms with van der Waals surface area (Å²) in [6, 6.07) is 14.3. The average molecular weight is 282 g/mol. The summed E-state index contributed by atoms with van der Waals surface area (Å²) in [6.07, 6.45) is 0.289. The van der Waals surface area contributed by atoms with Gasteiger partial charge >= 0.3 is 0 Å². The summed E-state index contributed by atoms with van der Waals surface area (Å²) in [7, 11) is 3.17. The van der Waals surface area contributed by atoms with Crippen LogP contribution in [-0.2, 0) is 19.9 Å². The number of ether oxygens (including phenoxy) is 2. The number of carbonyl (C=O) groups is 1. The molecule has 1 atom stereocenters. The van der Waals surface area contributed by atoms with Gasteiger partial charge in [0.2, 0.25) is 5.78 Å². The highest BCUT2D eigenvalue weighted by Gasteiger charge is 2.46. The van der Waals surface area contributed by atoms with Crippen LogP contribution in [0.5, 0.6) is 0 Å². The third kappa shape index (κ3) is 1.96. The molecule has 0 aliphatic heterocycles. The van der Waals surface area contributed by atoms with Crippen molar-refractivity contribution in [3.8, 4) is 0 Å². The minimum atomic E-state index is -0.716. The second kappa shape index (κ2) is 5.01. The number of hydrogen-bond acceptors (Lipinski definition) is 3. The Morgan fingerprint density at radius 2 is 1.76 bits per heavy atom. The Kier molecular flexibility index (Phi) is 3.30. The zero-order valence-corrected chi connectivity index (χ0v) is 12.5. The van der Waals surface area contributed by atoms with E-state index in [4.69, 9.17) is 9.47 Å². The smallest absolute Gasteiger partial charge is 0.200 e. The van der Waals surface area contributed by atoms with Crippen molar-refractivity contribution < 1.29 is 14.3 Å². The second-order valence-electron chi connectivity index (χ2n) is 5.35. The third-order valence-electron chi connectivity index (χ3n) is 4.38. The summed E-state index contributed by atoms with van der Waals surface area (Å²) >= 11 is 0. The van der Waals surface area contributed by atoms with Crippen molar-refractivity contribution in [1.82, 2.24) is 0 Å². The summed E-state index contributed by atoms with van der Waals surface area (Å²) in [5, 5.41) is 2.31. The molecule has 0 saturated heterocycles. The fourth-order valence-corrected chi connectivity index (χ4v) is 3.20. The van der Waals surface area contributed by atoms with Gasteiger partial charge < -0.3 is 9.47 Å². The molecule has 1 aliphatic rings. The minimum Gasteiger partial charge on any atom is -0.493 e. The maximum atomic E-state index is 12.2. The van der Waals surface area contributed by atoms with Crippen LogP contribution >= 0.6 is 0 Å². The van der Waals surface area contributed by atoms with E-state index < -0.39 is 5.60 Å². The van der Waals surface area contributed by atoms with Crippen LogP contribution in [0.15, 0.2) is 53.8 Å². The Hall–Kier alpha value is -2.13. The first-order chi connectivity index (χ1) is 10.1. The highest BCUT2D eigenvalue weighted by molar-refractivity contribution is 5.99. The van der Waals surface area contributed by atoms with Gasteiger partial charge in [-0.3, -0.25) is 4.79 Å². The number of carbonyl (C=O) groups excluding carboxylic acids is 1. The molecule has 0 heterocycles. The fraction of sp³-hybridized carbons (Fsp3) is 0.278. The number of methoxy groups -OCH3 is 2. The van der Waals surface area contributed by atoms with Crippen molar-refractivity contribution in [2.45, 2.75) is 18.9 Å². The lowest BCUT2D eigenvalue weighted by Gasteiger charge is -2.29. The zero-order valence-electron chi connectivity index (χ0n) is 12.5. The molecule has 3 heteroatoms. The van der Waals surface area contributed by atoms with Gasteiger partial charge in [-0.1, -0.05) is 36.4 Å². The molecule has 1 unspecified atom stereocenters. The van der Waals surface area contributed by atoms with Gasteiger partial charge in [-0.25, -0.2) is 0 Å². The molecule has 1 aliphatic carbocycles. The summed E-state index contributed by atoms with van der Waals surface area (Å²) in [6.45, 7) is 1.91. The quantitative estimate of drug-likeness (QED) is 0.863. The minimum absolute atomic E-state index is 0.00925. The predicted octanol–water partition coefficient (Wildman–Crippen LogP) is 3.57. The van der Waals surface area contributed by atoms with Gasteiger partial charge in [0.1, 0.15) is 5.60 Å². The molecule has 0 aromatic heterocycles. The molecule has 21 heavy (non-hydrogen) atoms. The van der Waals surface area contributed by atoms with E-state index in [1.165, 1.54) is 12.5 Å². The van der Waals surface area contributed by atoms with E-state index in [1.54, 1.807) is 7.11 Å². The van der Waals surface area contributed by atoms with Gasteiger partial charge in [0.05, 0.1) is 13.5 Å². The number of fused-ring (bicyclic) bond motifs is 1. The molecule has 0 saturated carbocycles. The second-order valence-corrected chi connectivity index (χ2v) is 5.35. The van der Waals surface area contributed by atoms with Gasteiger partial charge in [0.25, 0.3) is 0 Å². The van der Waals surface area contributed by atoms with Gasteiger partial charge in [0.15, 0.2) is 5.76 Å². The fourth-order valence-electron chi connectivity index (χ4n) is 3.20. The van der Waals surface area contributed by atoms with Crippen LogP contribution in [0, 0.1) is 0 Å².